The van der Waals surface area contributed by atoms with Crippen LogP contribution in [0.5, 0.6) is 0 Å². The van der Waals surface area contributed by atoms with Gasteiger partial charge in [0.25, 0.3) is 0 Å². The first-order chi connectivity index (χ1) is 7.79. The third-order valence-electron chi connectivity index (χ3n) is 2.43. The van der Waals surface area contributed by atoms with Gasteiger partial charge in [-0.25, -0.2) is 4.98 Å². The van der Waals surface area contributed by atoms with Gasteiger partial charge in [-0.3, -0.25) is 4.98 Å². The molecule has 2 heterocycles. The predicted octanol–water partition coefficient (Wildman–Crippen LogP) is 2.22. The highest BCUT2D eigenvalue weighted by Gasteiger charge is 2.00. The summed E-state index contributed by atoms with van der Waals surface area (Å²) in [4.78, 5) is 8.68. The van der Waals surface area contributed by atoms with Crippen molar-refractivity contribution in [2.45, 2.75) is 26.9 Å². The van der Waals surface area contributed by atoms with E-state index in [1.165, 1.54) is 0 Å². The number of hydrogen-bond acceptors (Lipinski definition) is 3. The van der Waals surface area contributed by atoms with Crippen LogP contribution in [0.2, 0.25) is 0 Å². The third kappa shape index (κ3) is 2.39. The molecule has 0 amide bonds. The molecule has 2 aromatic heterocycles. The third-order valence-corrected chi connectivity index (χ3v) is 2.43. The van der Waals surface area contributed by atoms with E-state index in [1.807, 2.05) is 31.3 Å². The number of anilines is 1. The maximum absolute atomic E-state index is 4.43. The van der Waals surface area contributed by atoms with Crippen LogP contribution >= 0.6 is 0 Å². The molecular weight excluding hydrogens is 200 g/mol. The van der Waals surface area contributed by atoms with Gasteiger partial charge in [0.15, 0.2) is 0 Å². The van der Waals surface area contributed by atoms with Crippen LogP contribution in [0, 0.1) is 6.92 Å². The summed E-state index contributed by atoms with van der Waals surface area (Å²) in [5, 5.41) is 3.28. The monoisotopic (exact) mass is 216 g/mol. The molecule has 16 heavy (non-hydrogen) atoms. The first-order valence-corrected chi connectivity index (χ1v) is 5.47. The topological polar surface area (TPSA) is 42.7 Å². The van der Waals surface area contributed by atoms with E-state index < -0.39 is 0 Å². The van der Waals surface area contributed by atoms with Crippen LogP contribution in [-0.4, -0.2) is 14.5 Å². The quantitative estimate of drug-likeness (QED) is 0.852. The zero-order chi connectivity index (χ0) is 11.4. The highest BCUT2D eigenvalue weighted by atomic mass is 15.2. The first-order valence-electron chi connectivity index (χ1n) is 5.47. The van der Waals surface area contributed by atoms with Crippen LogP contribution in [0.3, 0.4) is 0 Å². The molecule has 84 valence electrons. The molecular formula is C12H16N4. The van der Waals surface area contributed by atoms with Crippen molar-refractivity contribution in [3.05, 3.63) is 42.0 Å². The van der Waals surface area contributed by atoms with Gasteiger partial charge in [0.2, 0.25) is 5.95 Å². The Hall–Kier alpha value is -1.84. The van der Waals surface area contributed by atoms with E-state index in [1.54, 1.807) is 6.20 Å². The minimum absolute atomic E-state index is 0.707. The number of aryl methyl sites for hydroxylation is 2. The van der Waals surface area contributed by atoms with Gasteiger partial charge in [0.1, 0.15) is 0 Å². The van der Waals surface area contributed by atoms with Crippen LogP contribution in [-0.2, 0) is 13.1 Å². The van der Waals surface area contributed by atoms with Gasteiger partial charge < -0.3 is 9.88 Å². The normalized spacial score (nSPS) is 10.4. The molecule has 4 heteroatoms. The van der Waals surface area contributed by atoms with Gasteiger partial charge in [-0.1, -0.05) is 6.07 Å². The van der Waals surface area contributed by atoms with Gasteiger partial charge >= 0.3 is 0 Å². The average Bonchev–Trinajstić information content (AvgIpc) is 2.74. The summed E-state index contributed by atoms with van der Waals surface area (Å²) < 4.78 is 2.07. The molecule has 0 aliphatic rings. The second-order valence-electron chi connectivity index (χ2n) is 3.66. The molecule has 2 aromatic rings. The van der Waals surface area contributed by atoms with E-state index in [0.717, 1.165) is 23.9 Å². The molecule has 0 aliphatic heterocycles. The van der Waals surface area contributed by atoms with Gasteiger partial charge in [0.05, 0.1) is 12.2 Å². The Bertz CT molecular complexity index is 462. The molecule has 0 saturated heterocycles. The van der Waals surface area contributed by atoms with E-state index in [2.05, 4.69) is 26.8 Å². The van der Waals surface area contributed by atoms with Crippen molar-refractivity contribution in [3.63, 3.8) is 0 Å². The summed E-state index contributed by atoms with van der Waals surface area (Å²) in [6.45, 7) is 5.72. The molecule has 0 aliphatic carbocycles. The molecule has 0 bridgehead atoms. The van der Waals surface area contributed by atoms with E-state index in [9.17, 15) is 0 Å². The summed E-state index contributed by atoms with van der Waals surface area (Å²) >= 11 is 0. The fourth-order valence-electron chi connectivity index (χ4n) is 1.60. The summed E-state index contributed by atoms with van der Waals surface area (Å²) in [6, 6.07) is 6.03. The molecule has 0 radical (unpaired) electrons. The maximum Gasteiger partial charge on any atom is 0.203 e. The van der Waals surface area contributed by atoms with Crippen molar-refractivity contribution in [2.24, 2.45) is 0 Å². The molecule has 0 atom stereocenters. The van der Waals surface area contributed by atoms with Crippen LogP contribution in [0.4, 0.5) is 5.95 Å². The number of pyridine rings is 1. The highest BCUT2D eigenvalue weighted by molar-refractivity contribution is 5.27. The Morgan fingerprint density at radius 3 is 3.00 bits per heavy atom. The van der Waals surface area contributed by atoms with E-state index >= 15 is 0 Å². The Balaban J connectivity index is 2.02. The molecule has 0 unspecified atom stereocenters. The molecule has 0 fully saturated rings. The van der Waals surface area contributed by atoms with Crippen molar-refractivity contribution in [2.75, 3.05) is 5.32 Å². The van der Waals surface area contributed by atoms with Crippen LogP contribution in [0.1, 0.15) is 18.3 Å². The fraction of sp³-hybridized carbons (Fsp3) is 0.333. The van der Waals surface area contributed by atoms with Crippen molar-refractivity contribution >= 4 is 5.95 Å². The fourth-order valence-corrected chi connectivity index (χ4v) is 1.60. The molecule has 0 spiro atoms. The largest absolute Gasteiger partial charge is 0.350 e. The lowest BCUT2D eigenvalue weighted by atomic mass is 10.3. The number of nitrogens with zero attached hydrogens (tertiary/aromatic N) is 3. The average molecular weight is 216 g/mol. The SMILES string of the molecule is CCn1ccnc1NCc1cccc(C)n1. The minimum atomic E-state index is 0.707. The lowest BCUT2D eigenvalue weighted by Gasteiger charge is -2.07. The number of imidazole rings is 1. The van der Waals surface area contributed by atoms with Gasteiger partial charge in [-0.2, -0.15) is 0 Å². The van der Waals surface area contributed by atoms with Crippen molar-refractivity contribution in [3.8, 4) is 0 Å². The Morgan fingerprint density at radius 2 is 2.25 bits per heavy atom. The summed E-state index contributed by atoms with van der Waals surface area (Å²) in [6.07, 6.45) is 3.77. The molecule has 2 rings (SSSR count). The van der Waals surface area contributed by atoms with E-state index in [-0.39, 0.29) is 0 Å². The molecule has 4 nitrogen and oxygen atoms in total. The summed E-state index contributed by atoms with van der Waals surface area (Å²) in [5.74, 6) is 0.894. The smallest absolute Gasteiger partial charge is 0.203 e. The lowest BCUT2D eigenvalue weighted by Crippen LogP contribution is -2.07. The summed E-state index contributed by atoms with van der Waals surface area (Å²) in [7, 11) is 0. The molecule has 0 saturated carbocycles. The number of rotatable bonds is 4. The number of hydrogen-bond donors (Lipinski definition) is 1. The van der Waals surface area contributed by atoms with Crippen molar-refractivity contribution in [1.29, 1.82) is 0 Å². The zero-order valence-electron chi connectivity index (χ0n) is 9.64. The second kappa shape index (κ2) is 4.79. The van der Waals surface area contributed by atoms with Crippen molar-refractivity contribution in [1.82, 2.24) is 14.5 Å². The first kappa shape index (κ1) is 10.7. The van der Waals surface area contributed by atoms with Crippen molar-refractivity contribution < 1.29 is 0 Å². The van der Waals surface area contributed by atoms with Crippen LogP contribution < -0.4 is 5.32 Å². The van der Waals surface area contributed by atoms with E-state index in [4.69, 9.17) is 0 Å². The van der Waals surface area contributed by atoms with Gasteiger partial charge in [-0.15, -0.1) is 0 Å². The number of nitrogens with one attached hydrogen (secondary N) is 1. The van der Waals surface area contributed by atoms with E-state index in [0.29, 0.717) is 6.54 Å². The van der Waals surface area contributed by atoms with Crippen LogP contribution in [0.25, 0.3) is 0 Å². The Labute approximate surface area is 95.4 Å². The second-order valence-corrected chi connectivity index (χ2v) is 3.66. The highest BCUT2D eigenvalue weighted by Crippen LogP contribution is 2.06. The van der Waals surface area contributed by atoms with Gasteiger partial charge in [-0.05, 0) is 26.0 Å². The standard InChI is InChI=1S/C12H16N4/c1-3-16-8-7-13-12(16)14-9-11-6-4-5-10(2)15-11/h4-8H,3,9H2,1-2H3,(H,13,14). The predicted molar refractivity (Wildman–Crippen MR) is 64.2 cm³/mol. The number of aromatic nitrogens is 3. The minimum Gasteiger partial charge on any atom is -0.350 e. The molecule has 0 aromatic carbocycles. The van der Waals surface area contributed by atoms with Gasteiger partial charge in [0, 0.05) is 24.6 Å². The maximum atomic E-state index is 4.43. The molecule has 1 N–H and O–H groups in total. The Kier molecular flexibility index (Phi) is 3.19. The zero-order valence-corrected chi connectivity index (χ0v) is 9.64. The summed E-state index contributed by atoms with van der Waals surface area (Å²) in [5.41, 5.74) is 2.07. The van der Waals surface area contributed by atoms with Crippen LogP contribution in [0.15, 0.2) is 30.6 Å². The lowest BCUT2D eigenvalue weighted by molar-refractivity contribution is 0.761. The Morgan fingerprint density at radius 1 is 1.38 bits per heavy atom.